The van der Waals surface area contributed by atoms with E-state index in [1.165, 1.54) is 4.90 Å². The first-order valence-corrected chi connectivity index (χ1v) is 4.86. The highest BCUT2D eigenvalue weighted by atomic mass is 35.5. The molecule has 0 bridgehead atoms. The molecule has 0 aliphatic heterocycles. The lowest BCUT2D eigenvalue weighted by Gasteiger charge is -2.12. The zero-order valence-corrected chi connectivity index (χ0v) is 9.16. The maximum absolute atomic E-state index is 11.5. The molecule has 0 unspecified atom stereocenters. The van der Waals surface area contributed by atoms with Crippen LogP contribution >= 0.6 is 11.6 Å². The minimum Gasteiger partial charge on any atom is -0.332 e. The van der Waals surface area contributed by atoms with E-state index in [9.17, 15) is 4.79 Å². The molecule has 0 aliphatic carbocycles. The molecule has 4 heteroatoms. The second-order valence-electron chi connectivity index (χ2n) is 3.21. The van der Waals surface area contributed by atoms with E-state index >= 15 is 0 Å². The van der Waals surface area contributed by atoms with Crippen molar-refractivity contribution in [3.05, 3.63) is 34.9 Å². The first kappa shape index (κ1) is 11.5. The Bertz CT molecular complexity index is 381. The molecule has 0 atom stereocenters. The molecule has 0 radical (unpaired) electrons. The van der Waals surface area contributed by atoms with Gasteiger partial charge in [0.2, 0.25) is 5.91 Å². The predicted molar refractivity (Wildman–Crippen MR) is 58.4 cm³/mol. The quantitative estimate of drug-likeness (QED) is 0.733. The molecule has 15 heavy (non-hydrogen) atoms. The molecule has 0 spiro atoms. The molecular formula is C11H11ClN2O. The van der Waals surface area contributed by atoms with E-state index in [4.69, 9.17) is 16.9 Å². The number of carbonyl (C=O) groups excluding carboxylic acids is 1. The van der Waals surface area contributed by atoms with Crippen LogP contribution in [0.3, 0.4) is 0 Å². The van der Waals surface area contributed by atoms with Gasteiger partial charge in [-0.1, -0.05) is 23.7 Å². The Kier molecular flexibility index (Phi) is 4.14. The summed E-state index contributed by atoms with van der Waals surface area (Å²) in [5.74, 6) is -0.0705. The van der Waals surface area contributed by atoms with Crippen molar-refractivity contribution < 1.29 is 4.79 Å². The molecule has 0 N–H and O–H groups in total. The summed E-state index contributed by atoms with van der Waals surface area (Å²) in [6.45, 7) is 0.117. The highest BCUT2D eigenvalue weighted by molar-refractivity contribution is 6.30. The lowest BCUT2D eigenvalue weighted by Crippen LogP contribution is -2.28. The molecule has 1 aromatic carbocycles. The number of carbonyl (C=O) groups is 1. The molecule has 0 fully saturated rings. The average Bonchev–Trinajstić information content (AvgIpc) is 2.22. The molecule has 1 rings (SSSR count). The Morgan fingerprint density at radius 2 is 2.07 bits per heavy atom. The Balaban J connectivity index is 2.59. The van der Waals surface area contributed by atoms with Crippen LogP contribution in [-0.2, 0) is 11.2 Å². The van der Waals surface area contributed by atoms with Crippen molar-refractivity contribution in [2.24, 2.45) is 0 Å². The zero-order valence-electron chi connectivity index (χ0n) is 8.40. The number of likely N-dealkylation sites (N-methyl/N-ethyl adjacent to an activating group) is 1. The van der Waals surface area contributed by atoms with Crippen molar-refractivity contribution in [2.45, 2.75) is 6.42 Å². The van der Waals surface area contributed by atoms with Crippen molar-refractivity contribution in [1.29, 1.82) is 5.26 Å². The van der Waals surface area contributed by atoms with Crippen LogP contribution < -0.4 is 0 Å². The molecule has 3 nitrogen and oxygen atoms in total. The first-order valence-electron chi connectivity index (χ1n) is 4.49. The van der Waals surface area contributed by atoms with Gasteiger partial charge in [-0.3, -0.25) is 4.79 Å². The van der Waals surface area contributed by atoms with Crippen LogP contribution in [0.2, 0.25) is 5.02 Å². The van der Waals surface area contributed by atoms with E-state index in [2.05, 4.69) is 0 Å². The van der Waals surface area contributed by atoms with Gasteiger partial charge in [-0.15, -0.1) is 0 Å². The SMILES string of the molecule is CN(CC#N)C(=O)Cc1ccc(Cl)cc1. The summed E-state index contributed by atoms with van der Waals surface area (Å²) in [6.07, 6.45) is 0.301. The Labute approximate surface area is 93.9 Å². The molecule has 0 saturated heterocycles. The molecule has 1 aromatic rings. The minimum atomic E-state index is -0.0705. The zero-order chi connectivity index (χ0) is 11.3. The van der Waals surface area contributed by atoms with Crippen LogP contribution in [0, 0.1) is 11.3 Å². The number of hydrogen-bond acceptors (Lipinski definition) is 2. The van der Waals surface area contributed by atoms with E-state index in [0.717, 1.165) is 5.56 Å². The second kappa shape index (κ2) is 5.38. The fourth-order valence-corrected chi connectivity index (χ4v) is 1.23. The summed E-state index contributed by atoms with van der Waals surface area (Å²) in [5, 5.41) is 9.08. The third kappa shape index (κ3) is 3.61. The van der Waals surface area contributed by atoms with Gasteiger partial charge >= 0.3 is 0 Å². The van der Waals surface area contributed by atoms with Crippen molar-refractivity contribution in [2.75, 3.05) is 13.6 Å². The van der Waals surface area contributed by atoms with Crippen molar-refractivity contribution in [1.82, 2.24) is 4.90 Å². The van der Waals surface area contributed by atoms with E-state index in [1.54, 1.807) is 31.3 Å². The molecule has 0 saturated carbocycles. The molecule has 0 heterocycles. The van der Waals surface area contributed by atoms with Crippen LogP contribution in [0.25, 0.3) is 0 Å². The normalized spacial score (nSPS) is 9.40. The maximum Gasteiger partial charge on any atom is 0.227 e. The minimum absolute atomic E-state index is 0.0705. The van der Waals surface area contributed by atoms with E-state index < -0.39 is 0 Å². The standard InChI is InChI=1S/C11H11ClN2O/c1-14(7-6-13)11(15)8-9-2-4-10(12)5-3-9/h2-5H,7-8H2,1H3. The number of nitriles is 1. The highest BCUT2D eigenvalue weighted by Gasteiger charge is 2.08. The summed E-state index contributed by atoms with van der Waals surface area (Å²) in [7, 11) is 1.61. The summed E-state index contributed by atoms with van der Waals surface area (Å²) in [6, 6.07) is 9.03. The number of rotatable bonds is 3. The molecule has 0 aliphatic rings. The average molecular weight is 223 g/mol. The lowest BCUT2D eigenvalue weighted by molar-refractivity contribution is -0.128. The fraction of sp³-hybridized carbons (Fsp3) is 0.273. The monoisotopic (exact) mass is 222 g/mol. The van der Waals surface area contributed by atoms with Crippen molar-refractivity contribution in [3.8, 4) is 6.07 Å². The number of halogens is 1. The Morgan fingerprint density at radius 1 is 1.47 bits per heavy atom. The van der Waals surface area contributed by atoms with Crippen LogP contribution in [-0.4, -0.2) is 24.4 Å². The third-order valence-electron chi connectivity index (χ3n) is 2.00. The van der Waals surface area contributed by atoms with Crippen LogP contribution in [0.5, 0.6) is 0 Å². The number of hydrogen-bond donors (Lipinski definition) is 0. The van der Waals surface area contributed by atoms with Gasteiger partial charge in [0, 0.05) is 12.1 Å². The van der Waals surface area contributed by atoms with Gasteiger partial charge in [-0.25, -0.2) is 0 Å². The maximum atomic E-state index is 11.5. The van der Waals surface area contributed by atoms with Gasteiger partial charge in [0.25, 0.3) is 0 Å². The molecule has 1 amide bonds. The van der Waals surface area contributed by atoms with E-state index in [-0.39, 0.29) is 12.5 Å². The summed E-state index contributed by atoms with van der Waals surface area (Å²) >= 11 is 5.72. The largest absolute Gasteiger partial charge is 0.332 e. The summed E-state index contributed by atoms with van der Waals surface area (Å²) < 4.78 is 0. The topological polar surface area (TPSA) is 44.1 Å². The summed E-state index contributed by atoms with van der Waals surface area (Å²) in [5.41, 5.74) is 0.897. The predicted octanol–water partition coefficient (Wildman–Crippen LogP) is 1.86. The Hall–Kier alpha value is -1.53. The van der Waals surface area contributed by atoms with Gasteiger partial charge < -0.3 is 4.90 Å². The highest BCUT2D eigenvalue weighted by Crippen LogP contribution is 2.10. The van der Waals surface area contributed by atoms with Gasteiger partial charge in [0.1, 0.15) is 6.54 Å². The molecule has 78 valence electrons. The Morgan fingerprint density at radius 3 is 2.60 bits per heavy atom. The van der Waals surface area contributed by atoms with Crippen LogP contribution in [0.4, 0.5) is 0 Å². The first-order chi connectivity index (χ1) is 7.13. The third-order valence-corrected chi connectivity index (χ3v) is 2.25. The second-order valence-corrected chi connectivity index (χ2v) is 3.65. The fourth-order valence-electron chi connectivity index (χ4n) is 1.11. The van der Waals surface area contributed by atoms with Gasteiger partial charge in [0.05, 0.1) is 12.5 Å². The van der Waals surface area contributed by atoms with E-state index in [1.807, 2.05) is 6.07 Å². The van der Waals surface area contributed by atoms with Crippen molar-refractivity contribution >= 4 is 17.5 Å². The lowest BCUT2D eigenvalue weighted by atomic mass is 10.1. The summed E-state index contributed by atoms with van der Waals surface area (Å²) in [4.78, 5) is 12.9. The number of benzene rings is 1. The number of nitrogens with zero attached hydrogens (tertiary/aromatic N) is 2. The van der Waals surface area contributed by atoms with Gasteiger partial charge in [-0.05, 0) is 17.7 Å². The smallest absolute Gasteiger partial charge is 0.227 e. The van der Waals surface area contributed by atoms with Gasteiger partial charge in [0.15, 0.2) is 0 Å². The van der Waals surface area contributed by atoms with Crippen LogP contribution in [0.1, 0.15) is 5.56 Å². The van der Waals surface area contributed by atoms with Gasteiger partial charge in [-0.2, -0.15) is 5.26 Å². The molecular weight excluding hydrogens is 212 g/mol. The molecule has 0 aromatic heterocycles. The van der Waals surface area contributed by atoms with Crippen LogP contribution in [0.15, 0.2) is 24.3 Å². The number of amides is 1. The van der Waals surface area contributed by atoms with E-state index in [0.29, 0.717) is 11.4 Å². The van der Waals surface area contributed by atoms with Crippen molar-refractivity contribution in [3.63, 3.8) is 0 Å².